The molecule has 0 bridgehead atoms. The zero-order chi connectivity index (χ0) is 13.1. The molecule has 1 aliphatic carbocycles. The molecule has 0 aromatic carbocycles. The molecule has 2 rings (SSSR count). The second-order valence-electron chi connectivity index (χ2n) is 4.15. The van der Waals surface area contributed by atoms with E-state index in [4.69, 9.17) is 11.5 Å². The molecule has 1 saturated carbocycles. The lowest BCUT2D eigenvalue weighted by Crippen LogP contribution is -2.37. The molecule has 18 heavy (non-hydrogen) atoms. The number of aromatic nitrogens is 2. The first-order valence-electron chi connectivity index (χ1n) is 5.61. The van der Waals surface area contributed by atoms with Gasteiger partial charge in [-0.3, -0.25) is 9.59 Å². The zero-order valence-corrected chi connectivity index (χ0v) is 9.74. The molecule has 94 valence electrons. The third kappa shape index (κ3) is 2.51. The molecule has 1 aromatic rings. The van der Waals surface area contributed by atoms with E-state index in [1.165, 1.54) is 11.1 Å². The lowest BCUT2D eigenvalue weighted by atomic mass is 10.4. The van der Waals surface area contributed by atoms with E-state index in [0.717, 1.165) is 12.8 Å². The van der Waals surface area contributed by atoms with Gasteiger partial charge in [0.15, 0.2) is 5.82 Å². The van der Waals surface area contributed by atoms with Gasteiger partial charge >= 0.3 is 5.97 Å². The van der Waals surface area contributed by atoms with Crippen LogP contribution in [0.15, 0.2) is 17.2 Å². The van der Waals surface area contributed by atoms with Crippen molar-refractivity contribution >= 4 is 11.8 Å². The summed E-state index contributed by atoms with van der Waals surface area (Å²) in [7, 11) is 0. The summed E-state index contributed by atoms with van der Waals surface area (Å²) in [4.78, 5) is 28.1. The van der Waals surface area contributed by atoms with Crippen molar-refractivity contribution in [3.05, 3.63) is 22.7 Å². The van der Waals surface area contributed by atoms with E-state index >= 15 is 0 Å². The Morgan fingerprint density at radius 3 is 2.94 bits per heavy atom. The van der Waals surface area contributed by atoms with Crippen LogP contribution in [0.2, 0.25) is 0 Å². The number of aliphatic carboxylic acids is 1. The van der Waals surface area contributed by atoms with Crippen molar-refractivity contribution in [2.24, 2.45) is 0 Å². The molecule has 6 nitrogen and oxygen atoms in total. The summed E-state index contributed by atoms with van der Waals surface area (Å²) in [5.41, 5.74) is -0.281. The summed E-state index contributed by atoms with van der Waals surface area (Å²) >= 11 is 0. The number of terminal acetylenes is 1. The number of anilines is 1. The molecule has 0 saturated heterocycles. The molecule has 1 heterocycles. The maximum Gasteiger partial charge on any atom is 0.323 e. The second-order valence-corrected chi connectivity index (χ2v) is 4.15. The van der Waals surface area contributed by atoms with Gasteiger partial charge in [0.05, 0.1) is 6.54 Å². The summed E-state index contributed by atoms with van der Waals surface area (Å²) in [5.74, 6) is 1.39. The Bertz CT molecular complexity index is 554. The SMILES string of the molecule is C#CCN(CC(=O)O)c1nccn(C2CC2)c1=O. The third-order valence-electron chi connectivity index (χ3n) is 2.70. The average Bonchev–Trinajstić information content (AvgIpc) is 3.12. The van der Waals surface area contributed by atoms with Gasteiger partial charge in [0.1, 0.15) is 6.54 Å². The molecule has 1 fully saturated rings. The second kappa shape index (κ2) is 4.92. The molecular weight excluding hydrogens is 234 g/mol. The van der Waals surface area contributed by atoms with Crippen LogP contribution < -0.4 is 10.5 Å². The van der Waals surface area contributed by atoms with Gasteiger partial charge in [-0.15, -0.1) is 6.42 Å². The highest BCUT2D eigenvalue weighted by molar-refractivity contribution is 5.73. The quantitative estimate of drug-likeness (QED) is 0.747. The van der Waals surface area contributed by atoms with E-state index < -0.39 is 5.97 Å². The normalized spacial score (nSPS) is 13.9. The van der Waals surface area contributed by atoms with Crippen LogP contribution >= 0.6 is 0 Å². The minimum atomic E-state index is -1.05. The average molecular weight is 247 g/mol. The molecule has 0 atom stereocenters. The van der Waals surface area contributed by atoms with E-state index in [2.05, 4.69) is 10.9 Å². The summed E-state index contributed by atoms with van der Waals surface area (Å²) in [6.45, 7) is -0.287. The van der Waals surface area contributed by atoms with Gasteiger partial charge in [-0.25, -0.2) is 4.98 Å². The molecule has 0 aliphatic heterocycles. The lowest BCUT2D eigenvalue weighted by Gasteiger charge is -2.18. The molecule has 0 unspecified atom stereocenters. The van der Waals surface area contributed by atoms with Crippen LogP contribution in [0.5, 0.6) is 0 Å². The number of carboxylic acids is 1. The Kier molecular flexibility index (Phi) is 3.33. The summed E-state index contributed by atoms with van der Waals surface area (Å²) in [5, 5.41) is 8.81. The molecule has 0 amide bonds. The lowest BCUT2D eigenvalue weighted by molar-refractivity contribution is -0.135. The molecule has 0 radical (unpaired) electrons. The van der Waals surface area contributed by atoms with Crippen molar-refractivity contribution in [1.29, 1.82) is 0 Å². The first-order valence-corrected chi connectivity index (χ1v) is 5.61. The Hall–Kier alpha value is -2.29. The first kappa shape index (κ1) is 12.2. The summed E-state index contributed by atoms with van der Waals surface area (Å²) in [6.07, 6.45) is 10.2. The van der Waals surface area contributed by atoms with Crippen molar-refractivity contribution in [3.8, 4) is 12.3 Å². The van der Waals surface area contributed by atoms with Gasteiger partial charge in [0.2, 0.25) is 0 Å². The van der Waals surface area contributed by atoms with Gasteiger partial charge in [0.25, 0.3) is 5.56 Å². The fraction of sp³-hybridized carbons (Fsp3) is 0.417. The number of nitrogens with zero attached hydrogens (tertiary/aromatic N) is 3. The molecule has 0 spiro atoms. The molecular formula is C12H13N3O3. The van der Waals surface area contributed by atoms with E-state index in [0.29, 0.717) is 0 Å². The van der Waals surface area contributed by atoms with Crippen molar-refractivity contribution in [2.45, 2.75) is 18.9 Å². The van der Waals surface area contributed by atoms with Gasteiger partial charge < -0.3 is 14.6 Å². The Morgan fingerprint density at radius 1 is 1.67 bits per heavy atom. The minimum Gasteiger partial charge on any atom is -0.480 e. The van der Waals surface area contributed by atoms with Gasteiger partial charge in [-0.1, -0.05) is 5.92 Å². The predicted molar refractivity (Wildman–Crippen MR) is 65.4 cm³/mol. The van der Waals surface area contributed by atoms with Crippen molar-refractivity contribution in [3.63, 3.8) is 0 Å². The topological polar surface area (TPSA) is 75.4 Å². The minimum absolute atomic E-state index is 0.0449. The molecule has 1 N–H and O–H groups in total. The summed E-state index contributed by atoms with van der Waals surface area (Å²) < 4.78 is 1.59. The Labute approximate surface area is 104 Å². The van der Waals surface area contributed by atoms with E-state index in [-0.39, 0.29) is 30.5 Å². The zero-order valence-electron chi connectivity index (χ0n) is 9.74. The first-order chi connectivity index (χ1) is 8.63. The van der Waals surface area contributed by atoms with Crippen molar-refractivity contribution in [2.75, 3.05) is 18.0 Å². The third-order valence-corrected chi connectivity index (χ3v) is 2.70. The number of carbonyl (C=O) groups is 1. The Morgan fingerprint density at radius 2 is 2.39 bits per heavy atom. The number of carboxylic acid groups (broad SMARTS) is 1. The largest absolute Gasteiger partial charge is 0.480 e. The molecule has 1 aromatic heterocycles. The van der Waals surface area contributed by atoms with Gasteiger partial charge in [0, 0.05) is 18.4 Å². The van der Waals surface area contributed by atoms with Crippen LogP contribution in [0.1, 0.15) is 18.9 Å². The standard InChI is InChI=1S/C12H13N3O3/c1-2-6-14(8-10(16)17)11-12(18)15(7-5-13-11)9-3-4-9/h1,5,7,9H,3-4,6,8H2,(H,16,17). The number of hydrogen-bond acceptors (Lipinski definition) is 4. The van der Waals surface area contributed by atoms with E-state index in [9.17, 15) is 9.59 Å². The van der Waals surface area contributed by atoms with E-state index in [1.807, 2.05) is 0 Å². The van der Waals surface area contributed by atoms with Gasteiger partial charge in [-0.05, 0) is 12.8 Å². The predicted octanol–water partition coefficient (Wildman–Crippen LogP) is 0.102. The van der Waals surface area contributed by atoms with Crippen molar-refractivity contribution in [1.82, 2.24) is 9.55 Å². The van der Waals surface area contributed by atoms with E-state index in [1.54, 1.807) is 10.8 Å². The molecule has 1 aliphatic rings. The molecule has 6 heteroatoms. The smallest absolute Gasteiger partial charge is 0.323 e. The maximum absolute atomic E-state index is 12.1. The highest BCUT2D eigenvalue weighted by Crippen LogP contribution is 2.33. The van der Waals surface area contributed by atoms with Crippen molar-refractivity contribution < 1.29 is 9.90 Å². The fourth-order valence-electron chi connectivity index (χ4n) is 1.75. The maximum atomic E-state index is 12.1. The summed E-state index contributed by atoms with van der Waals surface area (Å²) in [6, 6.07) is 0.219. The Balaban J connectivity index is 2.35. The monoisotopic (exact) mass is 247 g/mol. The van der Waals surface area contributed by atoms with Crippen LogP contribution in [0.25, 0.3) is 0 Å². The van der Waals surface area contributed by atoms with Crippen LogP contribution in [-0.4, -0.2) is 33.7 Å². The van der Waals surface area contributed by atoms with Crippen LogP contribution in [0.3, 0.4) is 0 Å². The van der Waals surface area contributed by atoms with Crippen LogP contribution in [-0.2, 0) is 4.79 Å². The highest BCUT2D eigenvalue weighted by Gasteiger charge is 2.26. The fourth-order valence-corrected chi connectivity index (χ4v) is 1.75. The van der Waals surface area contributed by atoms with Gasteiger partial charge in [-0.2, -0.15) is 0 Å². The van der Waals surface area contributed by atoms with Crippen LogP contribution in [0, 0.1) is 12.3 Å². The van der Waals surface area contributed by atoms with Crippen LogP contribution in [0.4, 0.5) is 5.82 Å². The number of rotatable bonds is 5. The number of hydrogen-bond donors (Lipinski definition) is 1. The highest BCUT2D eigenvalue weighted by atomic mass is 16.4.